The van der Waals surface area contributed by atoms with Gasteiger partial charge in [-0.1, -0.05) is 11.6 Å². The van der Waals surface area contributed by atoms with E-state index in [1.54, 1.807) is 6.07 Å². The Labute approximate surface area is 114 Å². The number of carbonyl (C=O) groups is 1. The summed E-state index contributed by atoms with van der Waals surface area (Å²) < 4.78 is 0.955. The third-order valence-electron chi connectivity index (χ3n) is 3.14. The van der Waals surface area contributed by atoms with E-state index in [0.29, 0.717) is 21.5 Å². The summed E-state index contributed by atoms with van der Waals surface area (Å²) in [6, 6.07) is 5.50. The molecule has 1 fully saturated rings. The molecule has 18 heavy (non-hydrogen) atoms. The van der Waals surface area contributed by atoms with Gasteiger partial charge in [0.05, 0.1) is 5.69 Å². The number of hydrogen-bond acceptors (Lipinski definition) is 3. The quantitative estimate of drug-likeness (QED) is 0.906. The number of hydrogen-bond donors (Lipinski definition) is 2. The Morgan fingerprint density at radius 1 is 1.50 bits per heavy atom. The van der Waals surface area contributed by atoms with Gasteiger partial charge in [0.25, 0.3) is 5.91 Å². The van der Waals surface area contributed by atoms with Gasteiger partial charge in [0.1, 0.15) is 4.88 Å². The van der Waals surface area contributed by atoms with Gasteiger partial charge in [-0.3, -0.25) is 4.79 Å². The summed E-state index contributed by atoms with van der Waals surface area (Å²) in [6.07, 6.45) is 2.44. The number of amides is 1. The summed E-state index contributed by atoms with van der Waals surface area (Å²) in [7, 11) is 0. The van der Waals surface area contributed by atoms with Crippen molar-refractivity contribution in [2.24, 2.45) is 5.92 Å². The molecule has 0 saturated heterocycles. The third kappa shape index (κ3) is 2.18. The Morgan fingerprint density at radius 3 is 3.00 bits per heavy atom. The fourth-order valence-corrected chi connectivity index (χ4v) is 3.21. The summed E-state index contributed by atoms with van der Waals surface area (Å²) >= 11 is 7.33. The molecular formula is C13H13ClN2OS. The monoisotopic (exact) mass is 280 g/mol. The van der Waals surface area contributed by atoms with Gasteiger partial charge in [0.2, 0.25) is 0 Å². The van der Waals surface area contributed by atoms with E-state index in [0.717, 1.165) is 16.6 Å². The summed E-state index contributed by atoms with van der Waals surface area (Å²) in [5, 5.41) is 4.50. The number of anilines is 1. The van der Waals surface area contributed by atoms with Gasteiger partial charge < -0.3 is 11.1 Å². The van der Waals surface area contributed by atoms with Gasteiger partial charge in [-0.05, 0) is 37.0 Å². The molecule has 3 rings (SSSR count). The van der Waals surface area contributed by atoms with Crippen LogP contribution in [0.4, 0.5) is 5.69 Å². The average Bonchev–Trinajstić information content (AvgIpc) is 3.11. The first-order valence-corrected chi connectivity index (χ1v) is 7.10. The molecule has 2 aromatic rings. The maximum Gasteiger partial charge on any atom is 0.263 e. The Kier molecular flexibility index (Phi) is 2.92. The highest BCUT2D eigenvalue weighted by Crippen LogP contribution is 2.35. The van der Waals surface area contributed by atoms with E-state index < -0.39 is 0 Å². The Balaban J connectivity index is 1.90. The van der Waals surface area contributed by atoms with Crippen LogP contribution in [-0.4, -0.2) is 12.5 Å². The molecule has 1 saturated carbocycles. The topological polar surface area (TPSA) is 55.1 Å². The highest BCUT2D eigenvalue weighted by atomic mass is 35.5. The zero-order chi connectivity index (χ0) is 12.7. The van der Waals surface area contributed by atoms with Gasteiger partial charge in [-0.25, -0.2) is 0 Å². The fourth-order valence-electron chi connectivity index (χ4n) is 1.90. The fraction of sp³-hybridized carbons (Fsp3) is 0.308. The summed E-state index contributed by atoms with van der Waals surface area (Å²) in [5.74, 6) is 0.593. The number of halogens is 1. The van der Waals surface area contributed by atoms with Crippen LogP contribution in [0.15, 0.2) is 18.2 Å². The summed E-state index contributed by atoms with van der Waals surface area (Å²) in [5.41, 5.74) is 6.57. The lowest BCUT2D eigenvalue weighted by Gasteiger charge is -2.02. The number of fused-ring (bicyclic) bond motifs is 1. The predicted molar refractivity (Wildman–Crippen MR) is 76.3 cm³/mol. The van der Waals surface area contributed by atoms with Crippen LogP contribution >= 0.6 is 22.9 Å². The molecule has 1 amide bonds. The largest absolute Gasteiger partial charge is 0.397 e. The van der Waals surface area contributed by atoms with Gasteiger partial charge in [-0.2, -0.15) is 0 Å². The standard InChI is InChI=1S/C13H13ClN2OS/c14-8-3-4-9-10(5-8)18-12(11(9)15)13(17)16-6-7-1-2-7/h3-5,7H,1-2,6,15H2,(H,16,17). The lowest BCUT2D eigenvalue weighted by Crippen LogP contribution is -2.25. The van der Waals surface area contributed by atoms with Crippen molar-refractivity contribution < 1.29 is 4.79 Å². The lowest BCUT2D eigenvalue weighted by molar-refractivity contribution is 0.0956. The van der Waals surface area contributed by atoms with Crippen molar-refractivity contribution in [3.05, 3.63) is 28.1 Å². The van der Waals surface area contributed by atoms with E-state index in [2.05, 4.69) is 5.32 Å². The maximum atomic E-state index is 12.0. The Hall–Kier alpha value is -1.26. The van der Waals surface area contributed by atoms with Crippen molar-refractivity contribution in [1.82, 2.24) is 5.32 Å². The third-order valence-corrected chi connectivity index (χ3v) is 4.55. The molecule has 94 valence electrons. The molecule has 0 spiro atoms. The molecule has 1 aromatic heterocycles. The smallest absolute Gasteiger partial charge is 0.263 e. The molecule has 0 unspecified atom stereocenters. The minimum atomic E-state index is -0.0725. The molecule has 5 heteroatoms. The van der Waals surface area contributed by atoms with Crippen molar-refractivity contribution in [1.29, 1.82) is 0 Å². The first kappa shape index (κ1) is 11.8. The number of rotatable bonds is 3. The minimum absolute atomic E-state index is 0.0725. The van der Waals surface area contributed by atoms with E-state index in [4.69, 9.17) is 17.3 Å². The Bertz CT molecular complexity index is 619. The van der Waals surface area contributed by atoms with Gasteiger partial charge >= 0.3 is 0 Å². The van der Waals surface area contributed by atoms with Crippen LogP contribution in [0, 0.1) is 5.92 Å². The van der Waals surface area contributed by atoms with E-state index in [1.165, 1.54) is 24.2 Å². The second kappa shape index (κ2) is 4.44. The van der Waals surface area contributed by atoms with E-state index in [1.807, 2.05) is 12.1 Å². The van der Waals surface area contributed by atoms with Gasteiger partial charge in [0, 0.05) is 21.7 Å². The zero-order valence-corrected chi connectivity index (χ0v) is 11.3. The van der Waals surface area contributed by atoms with Crippen LogP contribution in [-0.2, 0) is 0 Å². The lowest BCUT2D eigenvalue weighted by atomic mass is 10.2. The average molecular weight is 281 g/mol. The van der Waals surface area contributed by atoms with E-state index >= 15 is 0 Å². The second-order valence-electron chi connectivity index (χ2n) is 4.64. The molecule has 0 radical (unpaired) electrons. The number of thiophene rings is 1. The van der Waals surface area contributed by atoms with Crippen LogP contribution in [0.1, 0.15) is 22.5 Å². The normalized spacial score (nSPS) is 14.9. The molecule has 0 aliphatic heterocycles. The SMILES string of the molecule is Nc1c(C(=O)NCC2CC2)sc2cc(Cl)ccc12. The summed E-state index contributed by atoms with van der Waals surface area (Å²) in [6.45, 7) is 0.757. The second-order valence-corrected chi connectivity index (χ2v) is 6.13. The number of benzene rings is 1. The molecular weight excluding hydrogens is 268 g/mol. The van der Waals surface area contributed by atoms with Crippen LogP contribution < -0.4 is 11.1 Å². The van der Waals surface area contributed by atoms with E-state index in [-0.39, 0.29) is 5.91 Å². The molecule has 1 aliphatic rings. The highest BCUT2D eigenvalue weighted by Gasteiger charge is 2.23. The van der Waals surface area contributed by atoms with Crippen LogP contribution in [0.5, 0.6) is 0 Å². The summed E-state index contributed by atoms with van der Waals surface area (Å²) in [4.78, 5) is 12.6. The van der Waals surface area contributed by atoms with Crippen molar-refractivity contribution in [3.63, 3.8) is 0 Å². The molecule has 1 heterocycles. The first-order chi connectivity index (χ1) is 8.65. The molecule has 1 aliphatic carbocycles. The minimum Gasteiger partial charge on any atom is -0.397 e. The molecule has 1 aromatic carbocycles. The predicted octanol–water partition coefficient (Wildman–Crippen LogP) is 3.28. The first-order valence-electron chi connectivity index (χ1n) is 5.91. The number of nitrogens with one attached hydrogen (secondary N) is 1. The highest BCUT2D eigenvalue weighted by molar-refractivity contribution is 7.21. The molecule has 3 N–H and O–H groups in total. The molecule has 0 atom stereocenters. The van der Waals surface area contributed by atoms with Gasteiger partial charge in [-0.15, -0.1) is 11.3 Å². The van der Waals surface area contributed by atoms with Crippen LogP contribution in [0.3, 0.4) is 0 Å². The zero-order valence-electron chi connectivity index (χ0n) is 9.70. The van der Waals surface area contributed by atoms with E-state index in [9.17, 15) is 4.79 Å². The number of nitrogens with two attached hydrogens (primary N) is 1. The molecule has 3 nitrogen and oxygen atoms in total. The Morgan fingerprint density at radius 2 is 2.28 bits per heavy atom. The number of nitrogen functional groups attached to an aromatic ring is 1. The maximum absolute atomic E-state index is 12.0. The van der Waals surface area contributed by atoms with Crippen LogP contribution in [0.25, 0.3) is 10.1 Å². The van der Waals surface area contributed by atoms with Crippen molar-refractivity contribution in [2.75, 3.05) is 12.3 Å². The molecule has 0 bridgehead atoms. The van der Waals surface area contributed by atoms with Crippen LogP contribution in [0.2, 0.25) is 5.02 Å². The van der Waals surface area contributed by atoms with Gasteiger partial charge in [0.15, 0.2) is 0 Å². The van der Waals surface area contributed by atoms with Crippen molar-refractivity contribution in [3.8, 4) is 0 Å². The van der Waals surface area contributed by atoms with Crippen molar-refractivity contribution in [2.45, 2.75) is 12.8 Å². The van der Waals surface area contributed by atoms with Crippen molar-refractivity contribution >= 4 is 44.6 Å². The number of carbonyl (C=O) groups excluding carboxylic acids is 1.